The van der Waals surface area contributed by atoms with Gasteiger partial charge >= 0.3 is 0 Å². The lowest BCUT2D eigenvalue weighted by Gasteiger charge is -2.38. The molecule has 0 amide bonds. The fraction of sp³-hybridized carbons (Fsp3) is 0.933. The topological polar surface area (TPSA) is 17.1 Å². The van der Waals surface area contributed by atoms with Crippen molar-refractivity contribution in [2.75, 3.05) is 0 Å². The molecule has 3 rings (SSSR count). The Morgan fingerprint density at radius 3 is 2.56 bits per heavy atom. The molecule has 1 nitrogen and oxygen atoms in total. The summed E-state index contributed by atoms with van der Waals surface area (Å²) < 4.78 is 0. The highest BCUT2D eigenvalue weighted by Crippen LogP contribution is 2.56. The number of hydrogen-bond donors (Lipinski definition) is 0. The van der Waals surface area contributed by atoms with Gasteiger partial charge in [0.05, 0.1) is 0 Å². The number of carbonyl (C=O) groups is 1. The van der Waals surface area contributed by atoms with E-state index in [9.17, 15) is 4.79 Å². The van der Waals surface area contributed by atoms with Crippen molar-refractivity contribution in [1.82, 2.24) is 0 Å². The average Bonchev–Trinajstić information content (AvgIpc) is 2.82. The molecule has 0 aliphatic heterocycles. The average molecular weight is 220 g/mol. The molecule has 0 N–H and O–H groups in total. The summed E-state index contributed by atoms with van der Waals surface area (Å²) >= 11 is 0. The van der Waals surface area contributed by atoms with Crippen LogP contribution in [0.25, 0.3) is 0 Å². The van der Waals surface area contributed by atoms with Crippen molar-refractivity contribution < 1.29 is 4.79 Å². The van der Waals surface area contributed by atoms with Gasteiger partial charge in [-0.1, -0.05) is 12.8 Å². The van der Waals surface area contributed by atoms with Crippen molar-refractivity contribution in [3.05, 3.63) is 0 Å². The molecule has 5 atom stereocenters. The Bertz CT molecular complexity index is 283. The zero-order chi connectivity index (χ0) is 11.1. The normalized spacial score (nSPS) is 46.4. The second-order valence-corrected chi connectivity index (χ2v) is 6.50. The van der Waals surface area contributed by atoms with E-state index in [1.165, 1.54) is 44.9 Å². The molecule has 16 heavy (non-hydrogen) atoms. The Morgan fingerprint density at radius 1 is 0.938 bits per heavy atom. The number of carbonyl (C=O) groups excluding carboxylic acids is 1. The van der Waals surface area contributed by atoms with E-state index in [0.29, 0.717) is 5.78 Å². The molecule has 3 fully saturated rings. The molecule has 3 aliphatic rings. The maximum absolute atomic E-state index is 11.3. The van der Waals surface area contributed by atoms with E-state index < -0.39 is 0 Å². The molecule has 0 heterocycles. The second kappa shape index (κ2) is 4.16. The smallest absolute Gasteiger partial charge is 0.130 e. The summed E-state index contributed by atoms with van der Waals surface area (Å²) in [5.41, 5.74) is 0. The SMILES string of the molecule is CC(=O)CC1CCC2C3CCCC3CCC12. The molecule has 0 bridgehead atoms. The largest absolute Gasteiger partial charge is 0.300 e. The fourth-order valence-electron chi connectivity index (χ4n) is 5.18. The van der Waals surface area contributed by atoms with Gasteiger partial charge in [-0.05, 0) is 68.6 Å². The number of rotatable bonds is 2. The van der Waals surface area contributed by atoms with Gasteiger partial charge in [-0.2, -0.15) is 0 Å². The molecule has 1 heteroatoms. The van der Waals surface area contributed by atoms with Crippen molar-refractivity contribution in [2.45, 2.75) is 58.3 Å². The van der Waals surface area contributed by atoms with Crippen LogP contribution in [0.3, 0.4) is 0 Å². The number of Topliss-reactive ketones (excluding diaryl/α,β-unsaturated/α-hetero) is 1. The van der Waals surface area contributed by atoms with Crippen molar-refractivity contribution >= 4 is 5.78 Å². The quantitative estimate of drug-likeness (QED) is 0.691. The molecule has 0 aromatic carbocycles. The Morgan fingerprint density at radius 2 is 1.75 bits per heavy atom. The summed E-state index contributed by atoms with van der Waals surface area (Å²) in [7, 11) is 0. The van der Waals surface area contributed by atoms with Gasteiger partial charge in [-0.15, -0.1) is 0 Å². The standard InChI is InChI=1S/C15H24O/c1-10(16)9-12-6-8-15-13-4-2-3-11(13)5-7-14(12)15/h11-15H,2-9H2,1H3. The van der Waals surface area contributed by atoms with Gasteiger partial charge < -0.3 is 4.79 Å². The zero-order valence-electron chi connectivity index (χ0n) is 10.5. The fourth-order valence-corrected chi connectivity index (χ4v) is 5.18. The van der Waals surface area contributed by atoms with E-state index in [-0.39, 0.29) is 0 Å². The molecule has 90 valence electrons. The molecule has 0 aromatic heterocycles. The molecule has 0 spiro atoms. The molecule has 3 aliphatic carbocycles. The molecule has 3 saturated carbocycles. The van der Waals surface area contributed by atoms with Crippen LogP contribution < -0.4 is 0 Å². The van der Waals surface area contributed by atoms with Crippen LogP contribution in [-0.4, -0.2) is 5.78 Å². The van der Waals surface area contributed by atoms with Crippen LogP contribution in [-0.2, 0) is 4.79 Å². The second-order valence-electron chi connectivity index (χ2n) is 6.50. The lowest BCUT2D eigenvalue weighted by Crippen LogP contribution is -2.31. The summed E-state index contributed by atoms with van der Waals surface area (Å²) in [4.78, 5) is 11.3. The summed E-state index contributed by atoms with van der Waals surface area (Å²) in [6.45, 7) is 1.77. The Labute approximate surface area is 99.0 Å². The van der Waals surface area contributed by atoms with Crippen LogP contribution >= 0.6 is 0 Å². The van der Waals surface area contributed by atoms with Crippen molar-refractivity contribution in [1.29, 1.82) is 0 Å². The third-order valence-electron chi connectivity index (χ3n) is 5.71. The minimum absolute atomic E-state index is 0.416. The van der Waals surface area contributed by atoms with Crippen LogP contribution in [0, 0.1) is 29.6 Å². The zero-order valence-corrected chi connectivity index (χ0v) is 10.5. The maximum Gasteiger partial charge on any atom is 0.130 e. The molecule has 0 saturated heterocycles. The predicted octanol–water partition coefficient (Wildman–Crippen LogP) is 3.82. The van der Waals surface area contributed by atoms with E-state index in [4.69, 9.17) is 0 Å². The Balaban J connectivity index is 1.71. The summed E-state index contributed by atoms with van der Waals surface area (Å²) in [6, 6.07) is 0. The van der Waals surface area contributed by atoms with E-state index in [1.807, 2.05) is 0 Å². The van der Waals surface area contributed by atoms with Crippen molar-refractivity contribution in [2.24, 2.45) is 29.6 Å². The summed E-state index contributed by atoms with van der Waals surface area (Å²) in [5, 5.41) is 0. The molecule has 0 radical (unpaired) electrons. The summed E-state index contributed by atoms with van der Waals surface area (Å²) in [6.07, 6.45) is 11.0. The van der Waals surface area contributed by atoms with Crippen molar-refractivity contribution in [3.63, 3.8) is 0 Å². The first-order valence-electron chi connectivity index (χ1n) is 7.25. The third-order valence-corrected chi connectivity index (χ3v) is 5.71. The van der Waals surface area contributed by atoms with Crippen molar-refractivity contribution in [3.8, 4) is 0 Å². The van der Waals surface area contributed by atoms with E-state index >= 15 is 0 Å². The van der Waals surface area contributed by atoms with E-state index in [0.717, 1.165) is 36.0 Å². The minimum Gasteiger partial charge on any atom is -0.300 e. The number of hydrogen-bond acceptors (Lipinski definition) is 1. The number of ketones is 1. The number of fused-ring (bicyclic) bond motifs is 3. The highest BCUT2D eigenvalue weighted by molar-refractivity contribution is 5.75. The molecular weight excluding hydrogens is 196 g/mol. The van der Waals surface area contributed by atoms with Gasteiger partial charge in [0.15, 0.2) is 0 Å². The first kappa shape index (κ1) is 10.8. The highest BCUT2D eigenvalue weighted by atomic mass is 16.1. The van der Waals surface area contributed by atoms with E-state index in [1.54, 1.807) is 6.92 Å². The van der Waals surface area contributed by atoms with Crippen LogP contribution in [0.2, 0.25) is 0 Å². The van der Waals surface area contributed by atoms with Gasteiger partial charge in [-0.25, -0.2) is 0 Å². The van der Waals surface area contributed by atoms with E-state index in [2.05, 4.69) is 0 Å². The first-order chi connectivity index (χ1) is 7.75. The highest BCUT2D eigenvalue weighted by Gasteiger charge is 2.47. The van der Waals surface area contributed by atoms with Crippen LogP contribution in [0.1, 0.15) is 58.3 Å². The van der Waals surface area contributed by atoms with Crippen LogP contribution in [0.5, 0.6) is 0 Å². The summed E-state index contributed by atoms with van der Waals surface area (Å²) in [5.74, 6) is 5.21. The minimum atomic E-state index is 0.416. The third kappa shape index (κ3) is 1.72. The maximum atomic E-state index is 11.3. The van der Waals surface area contributed by atoms with Gasteiger partial charge in [-0.3, -0.25) is 0 Å². The monoisotopic (exact) mass is 220 g/mol. The molecular formula is C15H24O. The van der Waals surface area contributed by atoms with Gasteiger partial charge in [0.25, 0.3) is 0 Å². The Kier molecular flexibility index (Phi) is 2.81. The van der Waals surface area contributed by atoms with Gasteiger partial charge in [0.1, 0.15) is 5.78 Å². The lowest BCUT2D eigenvalue weighted by molar-refractivity contribution is -0.118. The molecule has 0 aromatic rings. The Hall–Kier alpha value is -0.330. The molecule has 5 unspecified atom stereocenters. The lowest BCUT2D eigenvalue weighted by atomic mass is 9.67. The van der Waals surface area contributed by atoms with Gasteiger partial charge in [0.2, 0.25) is 0 Å². The first-order valence-corrected chi connectivity index (χ1v) is 7.25. The van der Waals surface area contributed by atoms with Crippen LogP contribution in [0.15, 0.2) is 0 Å². The van der Waals surface area contributed by atoms with Gasteiger partial charge in [0, 0.05) is 6.42 Å². The van der Waals surface area contributed by atoms with Crippen LogP contribution in [0.4, 0.5) is 0 Å². The predicted molar refractivity (Wildman–Crippen MR) is 65.1 cm³/mol.